The Morgan fingerprint density at radius 3 is 1.22 bits per heavy atom. The van der Waals surface area contributed by atoms with Gasteiger partial charge >= 0.3 is 0 Å². The Hall–Kier alpha value is -6.36. The van der Waals surface area contributed by atoms with Gasteiger partial charge in [-0.25, -0.2) is 4.63 Å². The molecule has 0 aliphatic carbocycles. The first-order chi connectivity index (χ1) is 41.0. The molecule has 0 aliphatic heterocycles. The molecule has 0 amide bonds. The van der Waals surface area contributed by atoms with Crippen LogP contribution >= 0.6 is 11.3 Å². The van der Waals surface area contributed by atoms with E-state index in [9.17, 15) is 0 Å². The van der Waals surface area contributed by atoms with Gasteiger partial charge in [0, 0.05) is 4.70 Å². The lowest BCUT2D eigenvalue weighted by atomic mass is 9.84. The Kier molecular flexibility index (Phi) is 39.7. The Labute approximate surface area is 539 Å². The van der Waals surface area contributed by atoms with E-state index in [-0.39, 0.29) is 21.7 Å². The molecule has 10 aromatic rings. The Balaban J connectivity index is 0. The van der Waals surface area contributed by atoms with Crippen LogP contribution in [-0.4, -0.2) is 10.3 Å². The van der Waals surface area contributed by atoms with E-state index in [4.69, 9.17) is 4.63 Å². The van der Waals surface area contributed by atoms with Gasteiger partial charge in [0.05, 0.1) is 0 Å². The summed E-state index contributed by atoms with van der Waals surface area (Å²) in [4.78, 5) is 0. The van der Waals surface area contributed by atoms with Crippen molar-refractivity contribution in [3.05, 3.63) is 227 Å². The second-order valence-corrected chi connectivity index (χ2v) is 26.9. The molecule has 87 heavy (non-hydrogen) atoms. The van der Waals surface area contributed by atoms with Crippen LogP contribution in [0, 0.1) is 5.41 Å². The third kappa shape index (κ3) is 30.4. The lowest BCUT2D eigenvalue weighted by Crippen LogP contribution is -2.11. The Morgan fingerprint density at radius 2 is 0.736 bits per heavy atom. The summed E-state index contributed by atoms with van der Waals surface area (Å²) in [6.07, 6.45) is 1.16. The van der Waals surface area contributed by atoms with Crippen LogP contribution in [0.5, 0.6) is 0 Å². The molecule has 0 saturated carbocycles. The van der Waals surface area contributed by atoms with Crippen molar-refractivity contribution >= 4 is 54.0 Å². The number of aromatic nitrogens is 2. The van der Waals surface area contributed by atoms with E-state index in [1.807, 2.05) is 107 Å². The molecule has 10 rings (SSSR count). The zero-order chi connectivity index (χ0) is 67.2. The van der Waals surface area contributed by atoms with Gasteiger partial charge in [-0.05, 0) is 127 Å². The van der Waals surface area contributed by atoms with Gasteiger partial charge in [-0.15, -0.1) is 11.3 Å². The van der Waals surface area contributed by atoms with Crippen LogP contribution in [0.2, 0.25) is 0 Å². The lowest BCUT2D eigenvalue weighted by molar-refractivity contribution is 0.315. The summed E-state index contributed by atoms with van der Waals surface area (Å²) < 4.78 is 6.10. The average molecular weight is 1200 g/mol. The van der Waals surface area contributed by atoms with Gasteiger partial charge in [0.25, 0.3) is 0 Å². The predicted octanol–water partition coefficient (Wildman–Crippen LogP) is 27.4. The van der Waals surface area contributed by atoms with Crippen molar-refractivity contribution in [2.75, 3.05) is 0 Å². The van der Waals surface area contributed by atoms with Gasteiger partial charge in [0.1, 0.15) is 11.0 Å². The van der Waals surface area contributed by atoms with Crippen LogP contribution in [0.3, 0.4) is 0 Å². The fourth-order valence-electron chi connectivity index (χ4n) is 8.65. The molecule has 8 aromatic carbocycles. The van der Waals surface area contributed by atoms with Crippen LogP contribution in [0.15, 0.2) is 198 Å². The van der Waals surface area contributed by atoms with E-state index in [0.717, 1.165) is 17.5 Å². The maximum atomic E-state index is 4.70. The second-order valence-electron chi connectivity index (χ2n) is 26.0. The SMILES string of the molecule is CC.CC.CC.CC.CC.CC.CC(C)(C)Cc1ccccc1.CC(C)(C)c1ccc2ccccc2c1.CC(C)(C)c1cccc2ccccc12.CC(C)(C)c1cccc2nonc12.CC(C)(C)c1ccccc1.CC(C)(C)c1csc2ccccc12. The van der Waals surface area contributed by atoms with Gasteiger partial charge in [0.15, 0.2) is 0 Å². The molecule has 0 unspecified atom stereocenters. The molecule has 4 heteroatoms. The van der Waals surface area contributed by atoms with Crippen LogP contribution < -0.4 is 0 Å². The summed E-state index contributed by atoms with van der Waals surface area (Å²) >= 11 is 1.84. The third-order valence-electron chi connectivity index (χ3n) is 12.8. The molecule has 0 fully saturated rings. The van der Waals surface area contributed by atoms with Crippen LogP contribution in [0.1, 0.15) is 241 Å². The van der Waals surface area contributed by atoms with E-state index in [1.165, 1.54) is 65.0 Å². The van der Waals surface area contributed by atoms with Crippen molar-refractivity contribution in [2.45, 2.75) is 241 Å². The first-order valence-electron chi connectivity index (χ1n) is 32.8. The molecule has 0 bridgehead atoms. The summed E-state index contributed by atoms with van der Waals surface area (Å²) in [7, 11) is 0. The quantitative estimate of drug-likeness (QED) is 0.164. The third-order valence-corrected chi connectivity index (χ3v) is 13.8. The van der Waals surface area contributed by atoms with Gasteiger partial charge in [-0.1, -0.05) is 384 Å². The molecule has 0 atom stereocenters. The second kappa shape index (κ2) is 41.7. The van der Waals surface area contributed by atoms with Crippen molar-refractivity contribution in [1.82, 2.24) is 10.3 Å². The summed E-state index contributed by atoms with van der Waals surface area (Å²) in [5.74, 6) is 0. The first-order valence-corrected chi connectivity index (χ1v) is 33.7. The molecule has 478 valence electrons. The average Bonchev–Trinajstić information content (AvgIpc) is 2.64. The molecule has 0 spiro atoms. The van der Waals surface area contributed by atoms with Crippen molar-refractivity contribution in [2.24, 2.45) is 5.41 Å². The Bertz CT molecular complexity index is 3260. The zero-order valence-electron chi connectivity index (χ0n) is 60.9. The number of thiophene rings is 1. The van der Waals surface area contributed by atoms with Crippen molar-refractivity contribution in [3.63, 3.8) is 0 Å². The van der Waals surface area contributed by atoms with E-state index in [1.54, 1.807) is 0 Å². The number of hydrogen-bond acceptors (Lipinski definition) is 4. The molecule has 2 aromatic heterocycles. The zero-order valence-corrected chi connectivity index (χ0v) is 61.7. The fourth-order valence-corrected chi connectivity index (χ4v) is 9.84. The van der Waals surface area contributed by atoms with E-state index < -0.39 is 0 Å². The molecular weight excluding hydrogens is 1070 g/mol. The van der Waals surface area contributed by atoms with Gasteiger partial charge in [0.2, 0.25) is 0 Å². The molecule has 0 saturated heterocycles. The highest BCUT2D eigenvalue weighted by Crippen LogP contribution is 2.35. The summed E-state index contributed by atoms with van der Waals surface area (Å²) in [5.41, 5.74) is 11.5. The topological polar surface area (TPSA) is 38.9 Å². The molecule has 0 radical (unpaired) electrons. The normalized spacial score (nSPS) is 10.7. The van der Waals surface area contributed by atoms with Crippen molar-refractivity contribution in [3.8, 4) is 0 Å². The number of benzene rings is 8. The van der Waals surface area contributed by atoms with Gasteiger partial charge in [-0.2, -0.15) is 0 Å². The minimum absolute atomic E-state index is 0.0814. The van der Waals surface area contributed by atoms with Crippen LogP contribution in [-0.2, 0) is 33.5 Å². The van der Waals surface area contributed by atoms with Crippen LogP contribution in [0.25, 0.3) is 42.7 Å². The molecule has 0 aliphatic rings. The predicted molar refractivity (Wildman–Crippen MR) is 399 cm³/mol. The minimum Gasteiger partial charge on any atom is -0.243 e. The van der Waals surface area contributed by atoms with Crippen LogP contribution in [0.4, 0.5) is 0 Å². The monoisotopic (exact) mass is 1200 g/mol. The van der Waals surface area contributed by atoms with E-state index in [0.29, 0.717) is 10.8 Å². The van der Waals surface area contributed by atoms with E-state index in [2.05, 4.69) is 316 Å². The van der Waals surface area contributed by atoms with E-state index >= 15 is 0 Å². The summed E-state index contributed by atoms with van der Waals surface area (Å²) in [6.45, 7) is 64.2. The smallest absolute Gasteiger partial charge is 0.138 e. The number of hydrogen-bond donors (Lipinski definition) is 0. The largest absolute Gasteiger partial charge is 0.243 e. The number of nitrogens with zero attached hydrogens (tertiary/aromatic N) is 2. The molecule has 2 heterocycles. The maximum absolute atomic E-state index is 4.70. The minimum atomic E-state index is 0.0814. The number of rotatable bonds is 1. The van der Waals surface area contributed by atoms with Crippen molar-refractivity contribution in [1.29, 1.82) is 0 Å². The number of fused-ring (bicyclic) bond motifs is 4. The summed E-state index contributed by atoms with van der Waals surface area (Å²) in [5, 5.41) is 16.8. The molecule has 3 nitrogen and oxygen atoms in total. The summed E-state index contributed by atoms with van der Waals surface area (Å²) in [6, 6.07) is 66.1. The maximum Gasteiger partial charge on any atom is 0.138 e. The molecule has 0 N–H and O–H groups in total. The Morgan fingerprint density at radius 1 is 0.322 bits per heavy atom. The molecular formula is C83H124N2OS. The van der Waals surface area contributed by atoms with Gasteiger partial charge < -0.3 is 0 Å². The first kappa shape index (κ1) is 82.7. The fraction of sp³-hybridized carbons (Fsp3) is 0.446. The highest BCUT2D eigenvalue weighted by molar-refractivity contribution is 7.17. The van der Waals surface area contributed by atoms with Gasteiger partial charge in [-0.3, -0.25) is 0 Å². The lowest BCUT2D eigenvalue weighted by Gasteiger charge is -2.21. The van der Waals surface area contributed by atoms with Crippen molar-refractivity contribution < 1.29 is 4.63 Å². The highest BCUT2D eigenvalue weighted by Gasteiger charge is 2.20. The highest BCUT2D eigenvalue weighted by atomic mass is 32.1. The standard InChI is InChI=1S/2C14H16.C12H14S.C11H16.C10H12N2O.C10H14.6C2H6/c1-14(2,3)13-10-6-8-11-7-4-5-9-12(11)13;1-14(2,3)13-9-8-11-6-4-5-7-12(11)10-13;1-12(2,3)10-8-13-11-7-5-4-6-9(10)11;1-11(2,3)9-10-7-5-4-6-8-10;1-10(2,3)7-5-4-6-8-9(7)12-13-11-8;1-10(2,3)9-7-5-4-6-8-9;6*1-2/h2*4-10H,1-3H3;4-8H,1-3H3;4-8H,9H2,1-3H3;4-6H,1-3H3;4-8H,1-3H3;6*1-2H3.